The van der Waals surface area contributed by atoms with E-state index in [-0.39, 0.29) is 0 Å². The van der Waals surface area contributed by atoms with Crippen molar-refractivity contribution < 1.29 is 0 Å². The maximum absolute atomic E-state index is 4.46. The van der Waals surface area contributed by atoms with Gasteiger partial charge in [0.15, 0.2) is 0 Å². The fourth-order valence-corrected chi connectivity index (χ4v) is 3.84. The largest absolute Gasteiger partial charge is 0.155 e. The SMILES string of the molecule is CCc1ccc(-c2ccc(CCC3CCC(CC)CC3)nn2)cc1. The van der Waals surface area contributed by atoms with Crippen LogP contribution in [0.1, 0.15) is 63.6 Å². The summed E-state index contributed by atoms with van der Waals surface area (Å²) >= 11 is 0. The van der Waals surface area contributed by atoms with Crippen LogP contribution in [0.3, 0.4) is 0 Å². The molecule has 0 radical (unpaired) electrons. The highest BCUT2D eigenvalue weighted by Gasteiger charge is 2.19. The zero-order valence-corrected chi connectivity index (χ0v) is 15.2. The van der Waals surface area contributed by atoms with E-state index in [1.165, 1.54) is 44.1 Å². The van der Waals surface area contributed by atoms with Gasteiger partial charge in [-0.2, -0.15) is 10.2 Å². The highest BCUT2D eigenvalue weighted by atomic mass is 15.1. The minimum absolute atomic E-state index is 0.899. The van der Waals surface area contributed by atoms with Crippen LogP contribution >= 0.6 is 0 Å². The van der Waals surface area contributed by atoms with Gasteiger partial charge in [0, 0.05) is 5.56 Å². The second-order valence-corrected chi connectivity index (χ2v) is 7.29. The van der Waals surface area contributed by atoms with Crippen LogP contribution in [0, 0.1) is 11.8 Å². The van der Waals surface area contributed by atoms with Gasteiger partial charge in [0.25, 0.3) is 0 Å². The van der Waals surface area contributed by atoms with Crippen molar-refractivity contribution in [2.45, 2.75) is 65.2 Å². The second kappa shape index (κ2) is 8.41. The molecule has 2 nitrogen and oxygen atoms in total. The Bertz CT molecular complexity index is 607. The van der Waals surface area contributed by atoms with Gasteiger partial charge in [-0.1, -0.05) is 70.2 Å². The molecular formula is C22H30N2. The number of benzene rings is 1. The van der Waals surface area contributed by atoms with Crippen molar-refractivity contribution in [3.05, 3.63) is 47.7 Å². The summed E-state index contributed by atoms with van der Waals surface area (Å²) in [7, 11) is 0. The minimum atomic E-state index is 0.899. The molecule has 1 saturated carbocycles. The van der Waals surface area contributed by atoms with E-state index < -0.39 is 0 Å². The topological polar surface area (TPSA) is 25.8 Å². The lowest BCUT2D eigenvalue weighted by atomic mass is 9.79. The normalized spacial score (nSPS) is 20.9. The smallest absolute Gasteiger partial charge is 0.0929 e. The maximum atomic E-state index is 4.46. The molecule has 2 aromatic rings. The molecule has 0 spiro atoms. The first-order valence-electron chi connectivity index (χ1n) is 9.70. The molecule has 0 saturated heterocycles. The van der Waals surface area contributed by atoms with E-state index >= 15 is 0 Å². The average Bonchev–Trinajstić information content (AvgIpc) is 2.67. The summed E-state index contributed by atoms with van der Waals surface area (Å²) in [5, 5.41) is 8.91. The first-order valence-corrected chi connectivity index (χ1v) is 9.70. The van der Waals surface area contributed by atoms with Gasteiger partial charge in [0.1, 0.15) is 0 Å². The van der Waals surface area contributed by atoms with Crippen molar-refractivity contribution in [3.8, 4) is 11.3 Å². The summed E-state index contributed by atoms with van der Waals surface area (Å²) < 4.78 is 0. The van der Waals surface area contributed by atoms with Crippen molar-refractivity contribution in [1.29, 1.82) is 0 Å². The summed E-state index contributed by atoms with van der Waals surface area (Å²) in [4.78, 5) is 0. The van der Waals surface area contributed by atoms with Gasteiger partial charge in [0.2, 0.25) is 0 Å². The van der Waals surface area contributed by atoms with Crippen LogP contribution in [0.2, 0.25) is 0 Å². The zero-order valence-electron chi connectivity index (χ0n) is 15.2. The molecule has 1 aromatic carbocycles. The van der Waals surface area contributed by atoms with Gasteiger partial charge in [-0.15, -0.1) is 0 Å². The van der Waals surface area contributed by atoms with Crippen LogP contribution in [0.4, 0.5) is 0 Å². The van der Waals surface area contributed by atoms with Gasteiger partial charge < -0.3 is 0 Å². The third-order valence-corrected chi connectivity index (χ3v) is 5.73. The van der Waals surface area contributed by atoms with E-state index in [9.17, 15) is 0 Å². The van der Waals surface area contributed by atoms with Crippen molar-refractivity contribution in [2.24, 2.45) is 11.8 Å². The monoisotopic (exact) mass is 322 g/mol. The molecule has 1 aromatic heterocycles. The highest BCUT2D eigenvalue weighted by Crippen LogP contribution is 2.32. The molecule has 1 heterocycles. The van der Waals surface area contributed by atoms with Gasteiger partial charge >= 0.3 is 0 Å². The van der Waals surface area contributed by atoms with E-state index in [1.54, 1.807) is 0 Å². The molecule has 0 bridgehead atoms. The van der Waals surface area contributed by atoms with Gasteiger partial charge in [-0.05, 0) is 48.8 Å². The van der Waals surface area contributed by atoms with Gasteiger partial charge in [0.05, 0.1) is 11.4 Å². The van der Waals surface area contributed by atoms with Crippen LogP contribution in [-0.2, 0) is 12.8 Å². The number of rotatable bonds is 6. The Morgan fingerprint density at radius 2 is 1.54 bits per heavy atom. The van der Waals surface area contributed by atoms with E-state index in [1.807, 2.05) is 0 Å². The van der Waals surface area contributed by atoms with Crippen LogP contribution in [0.25, 0.3) is 11.3 Å². The lowest BCUT2D eigenvalue weighted by Gasteiger charge is -2.27. The van der Waals surface area contributed by atoms with E-state index in [2.05, 4.69) is 60.4 Å². The quantitative estimate of drug-likeness (QED) is 0.666. The molecule has 0 atom stereocenters. The number of aromatic nitrogens is 2. The van der Waals surface area contributed by atoms with Gasteiger partial charge in [-0.3, -0.25) is 0 Å². The molecule has 0 aliphatic heterocycles. The predicted molar refractivity (Wildman–Crippen MR) is 101 cm³/mol. The Hall–Kier alpha value is -1.70. The van der Waals surface area contributed by atoms with Gasteiger partial charge in [-0.25, -0.2) is 0 Å². The number of aryl methyl sites for hydroxylation is 2. The third-order valence-electron chi connectivity index (χ3n) is 5.73. The Morgan fingerprint density at radius 3 is 2.12 bits per heavy atom. The number of nitrogens with zero attached hydrogens (tertiary/aromatic N) is 2. The van der Waals surface area contributed by atoms with Crippen LogP contribution in [0.5, 0.6) is 0 Å². The molecule has 2 heteroatoms. The highest BCUT2D eigenvalue weighted by molar-refractivity contribution is 5.58. The lowest BCUT2D eigenvalue weighted by Crippen LogP contribution is -2.14. The third kappa shape index (κ3) is 4.43. The molecule has 24 heavy (non-hydrogen) atoms. The standard InChI is InChI=1S/C22H30N2/c1-3-17-5-7-19(8-6-17)11-14-21-15-16-22(24-23-21)20-12-9-18(4-2)10-13-20/h9-10,12-13,15-17,19H,3-8,11,14H2,1-2H3. The van der Waals surface area contributed by atoms with Crippen LogP contribution in [-0.4, -0.2) is 10.2 Å². The molecule has 1 aliphatic carbocycles. The predicted octanol–water partition coefficient (Wildman–Crippen LogP) is 5.86. The first-order chi connectivity index (χ1) is 11.8. The molecule has 0 amide bonds. The Balaban J connectivity index is 1.53. The molecule has 3 rings (SSSR count). The lowest BCUT2D eigenvalue weighted by molar-refractivity contribution is 0.258. The van der Waals surface area contributed by atoms with Crippen LogP contribution in [0.15, 0.2) is 36.4 Å². The summed E-state index contributed by atoms with van der Waals surface area (Å²) in [6.45, 7) is 4.51. The molecule has 0 N–H and O–H groups in total. The molecule has 128 valence electrons. The fraction of sp³-hybridized carbons (Fsp3) is 0.545. The van der Waals surface area contributed by atoms with E-state index in [4.69, 9.17) is 0 Å². The molecular weight excluding hydrogens is 292 g/mol. The fourth-order valence-electron chi connectivity index (χ4n) is 3.84. The summed E-state index contributed by atoms with van der Waals surface area (Å²) in [5.41, 5.74) is 4.64. The van der Waals surface area contributed by atoms with E-state index in [0.29, 0.717) is 0 Å². The van der Waals surface area contributed by atoms with Crippen molar-refractivity contribution in [1.82, 2.24) is 10.2 Å². The number of hydrogen-bond donors (Lipinski definition) is 0. The van der Waals surface area contributed by atoms with Crippen molar-refractivity contribution in [3.63, 3.8) is 0 Å². The van der Waals surface area contributed by atoms with Crippen molar-refractivity contribution >= 4 is 0 Å². The number of hydrogen-bond acceptors (Lipinski definition) is 2. The first kappa shape index (κ1) is 17.1. The molecule has 1 aliphatic rings. The minimum Gasteiger partial charge on any atom is -0.155 e. The van der Waals surface area contributed by atoms with Crippen molar-refractivity contribution in [2.75, 3.05) is 0 Å². The van der Waals surface area contributed by atoms with Crippen LogP contribution < -0.4 is 0 Å². The van der Waals surface area contributed by atoms with E-state index in [0.717, 1.165) is 41.6 Å². The molecule has 1 fully saturated rings. The Labute approximate surface area is 146 Å². The summed E-state index contributed by atoms with van der Waals surface area (Å²) in [5.74, 6) is 1.88. The summed E-state index contributed by atoms with van der Waals surface area (Å²) in [6, 6.07) is 12.9. The Morgan fingerprint density at radius 1 is 0.833 bits per heavy atom. The average molecular weight is 322 g/mol. The Kier molecular flexibility index (Phi) is 6.01. The second-order valence-electron chi connectivity index (χ2n) is 7.29. The molecule has 0 unspecified atom stereocenters. The summed E-state index contributed by atoms with van der Waals surface area (Å²) in [6.07, 6.45) is 10.5. The maximum Gasteiger partial charge on any atom is 0.0929 e. The zero-order chi connectivity index (χ0) is 16.8.